The van der Waals surface area contributed by atoms with Gasteiger partial charge in [0, 0.05) is 35.8 Å². The fraction of sp³-hybridized carbons (Fsp3) is 0.261. The Hall–Kier alpha value is -3.05. The molecular formula is C23H25N3O2. The van der Waals surface area contributed by atoms with Crippen LogP contribution in [-0.2, 0) is 4.79 Å². The number of hydrogen-bond acceptors (Lipinski definition) is 3. The van der Waals surface area contributed by atoms with Crippen molar-refractivity contribution in [1.29, 1.82) is 0 Å². The van der Waals surface area contributed by atoms with Gasteiger partial charge in [-0.25, -0.2) is 0 Å². The average Bonchev–Trinajstić information content (AvgIpc) is 3.18. The molecule has 1 aromatic heterocycles. The van der Waals surface area contributed by atoms with E-state index in [1.807, 2.05) is 37.3 Å². The Morgan fingerprint density at radius 3 is 2.75 bits per heavy atom. The molecule has 2 heterocycles. The SMILES string of the molecule is COc1ccccc1NC(=O)[C@@H](C)N1CC=C(c2c[nH]c3ccccc23)CC1. The Morgan fingerprint density at radius 2 is 1.96 bits per heavy atom. The second-order valence-corrected chi connectivity index (χ2v) is 7.09. The molecule has 0 bridgehead atoms. The molecule has 1 aliphatic heterocycles. The highest BCUT2D eigenvalue weighted by molar-refractivity contribution is 5.96. The molecule has 1 atom stereocenters. The number of nitrogens with zero attached hydrogens (tertiary/aromatic N) is 1. The first-order valence-electron chi connectivity index (χ1n) is 9.61. The highest BCUT2D eigenvalue weighted by Crippen LogP contribution is 2.30. The van der Waals surface area contributed by atoms with Gasteiger partial charge in [-0.1, -0.05) is 36.4 Å². The third kappa shape index (κ3) is 3.53. The number of benzene rings is 2. The van der Waals surface area contributed by atoms with E-state index >= 15 is 0 Å². The number of rotatable bonds is 5. The number of aromatic nitrogens is 1. The zero-order chi connectivity index (χ0) is 19.5. The fourth-order valence-electron chi connectivity index (χ4n) is 3.77. The third-order valence-corrected chi connectivity index (χ3v) is 5.47. The van der Waals surface area contributed by atoms with Crippen molar-refractivity contribution in [2.24, 2.45) is 0 Å². The molecule has 0 aliphatic carbocycles. The lowest BCUT2D eigenvalue weighted by Gasteiger charge is -2.31. The highest BCUT2D eigenvalue weighted by atomic mass is 16.5. The molecule has 5 nitrogen and oxygen atoms in total. The lowest BCUT2D eigenvalue weighted by atomic mass is 9.98. The first-order chi connectivity index (χ1) is 13.7. The lowest BCUT2D eigenvalue weighted by molar-refractivity contribution is -0.120. The molecule has 0 saturated heterocycles. The summed E-state index contributed by atoms with van der Waals surface area (Å²) in [6, 6.07) is 15.6. The molecule has 0 fully saturated rings. The molecule has 1 amide bonds. The van der Waals surface area contributed by atoms with Crippen molar-refractivity contribution in [1.82, 2.24) is 9.88 Å². The largest absolute Gasteiger partial charge is 0.495 e. The van der Waals surface area contributed by atoms with Crippen molar-refractivity contribution >= 4 is 28.1 Å². The van der Waals surface area contributed by atoms with Crippen molar-refractivity contribution in [3.8, 4) is 5.75 Å². The van der Waals surface area contributed by atoms with Gasteiger partial charge in [0.25, 0.3) is 0 Å². The molecule has 2 aromatic carbocycles. The molecule has 0 unspecified atom stereocenters. The van der Waals surface area contributed by atoms with E-state index in [1.54, 1.807) is 7.11 Å². The molecule has 5 heteroatoms. The quantitative estimate of drug-likeness (QED) is 0.699. The predicted octanol–water partition coefficient (Wildman–Crippen LogP) is 4.29. The Kier molecular flexibility index (Phi) is 5.17. The second-order valence-electron chi connectivity index (χ2n) is 7.09. The minimum absolute atomic E-state index is 0.0200. The molecule has 2 N–H and O–H groups in total. The first-order valence-corrected chi connectivity index (χ1v) is 9.61. The van der Waals surface area contributed by atoms with Crippen LogP contribution in [0.4, 0.5) is 5.69 Å². The maximum atomic E-state index is 12.7. The number of ether oxygens (including phenoxy) is 1. The topological polar surface area (TPSA) is 57.4 Å². The Morgan fingerprint density at radius 1 is 1.18 bits per heavy atom. The van der Waals surface area contributed by atoms with Gasteiger partial charge in [0.05, 0.1) is 18.8 Å². The summed E-state index contributed by atoms with van der Waals surface area (Å²) in [5.41, 5.74) is 4.46. The summed E-state index contributed by atoms with van der Waals surface area (Å²) in [6.45, 7) is 3.57. The molecule has 3 aromatic rings. The molecule has 28 heavy (non-hydrogen) atoms. The van der Waals surface area contributed by atoms with E-state index in [2.05, 4.69) is 45.7 Å². The number of methoxy groups -OCH3 is 1. The van der Waals surface area contributed by atoms with Crippen molar-refractivity contribution in [3.63, 3.8) is 0 Å². The van der Waals surface area contributed by atoms with Crippen LogP contribution in [0.3, 0.4) is 0 Å². The highest BCUT2D eigenvalue weighted by Gasteiger charge is 2.24. The third-order valence-electron chi connectivity index (χ3n) is 5.47. The number of carbonyl (C=O) groups excluding carboxylic acids is 1. The smallest absolute Gasteiger partial charge is 0.241 e. The minimum Gasteiger partial charge on any atom is -0.495 e. The lowest BCUT2D eigenvalue weighted by Crippen LogP contribution is -2.44. The van der Waals surface area contributed by atoms with Crippen LogP contribution < -0.4 is 10.1 Å². The van der Waals surface area contributed by atoms with Crippen LogP contribution in [0, 0.1) is 0 Å². The first kappa shape index (κ1) is 18.3. The number of H-pyrrole nitrogens is 1. The van der Waals surface area contributed by atoms with Gasteiger partial charge >= 0.3 is 0 Å². The average molecular weight is 375 g/mol. The summed E-state index contributed by atoms with van der Waals surface area (Å²) in [6.07, 6.45) is 5.25. The van der Waals surface area contributed by atoms with Crippen LogP contribution in [0.2, 0.25) is 0 Å². The molecule has 0 saturated carbocycles. The van der Waals surface area contributed by atoms with Gasteiger partial charge in [-0.15, -0.1) is 0 Å². The normalized spacial score (nSPS) is 15.9. The number of aromatic amines is 1. The van der Waals surface area contributed by atoms with E-state index in [1.165, 1.54) is 16.5 Å². The number of amides is 1. The zero-order valence-electron chi connectivity index (χ0n) is 16.2. The van der Waals surface area contributed by atoms with Crippen LogP contribution in [-0.4, -0.2) is 42.0 Å². The number of fused-ring (bicyclic) bond motifs is 1. The van der Waals surface area contributed by atoms with E-state index in [4.69, 9.17) is 4.74 Å². The summed E-state index contributed by atoms with van der Waals surface area (Å²) in [4.78, 5) is 18.3. The minimum atomic E-state index is -0.217. The van der Waals surface area contributed by atoms with Gasteiger partial charge < -0.3 is 15.0 Å². The predicted molar refractivity (Wildman–Crippen MR) is 114 cm³/mol. The van der Waals surface area contributed by atoms with Crippen molar-refractivity contribution < 1.29 is 9.53 Å². The molecule has 0 spiro atoms. The Labute approximate surface area is 165 Å². The van der Waals surface area contributed by atoms with Gasteiger partial charge in [0.15, 0.2) is 0 Å². The fourth-order valence-corrected chi connectivity index (χ4v) is 3.77. The number of hydrogen-bond donors (Lipinski definition) is 2. The van der Waals surface area contributed by atoms with Gasteiger partial charge in [-0.3, -0.25) is 9.69 Å². The standard InChI is InChI=1S/C23H25N3O2/c1-16(23(27)25-21-9-5-6-10-22(21)28-2)26-13-11-17(12-14-26)19-15-24-20-8-4-3-7-18(19)20/h3-11,15-16,24H,12-14H2,1-2H3,(H,25,27)/t16-/m1/s1. The number of anilines is 1. The van der Waals surface area contributed by atoms with E-state index < -0.39 is 0 Å². The Balaban J connectivity index is 1.44. The van der Waals surface area contributed by atoms with Crippen LogP contribution in [0.1, 0.15) is 18.9 Å². The maximum absolute atomic E-state index is 12.7. The summed E-state index contributed by atoms with van der Waals surface area (Å²) < 4.78 is 5.32. The van der Waals surface area contributed by atoms with Gasteiger partial charge in [-0.2, -0.15) is 0 Å². The molecule has 1 aliphatic rings. The maximum Gasteiger partial charge on any atom is 0.241 e. The molecule has 144 valence electrons. The van der Waals surface area contributed by atoms with Gasteiger partial charge in [0.1, 0.15) is 5.75 Å². The van der Waals surface area contributed by atoms with Gasteiger partial charge in [0.2, 0.25) is 5.91 Å². The van der Waals surface area contributed by atoms with Crippen LogP contribution in [0.25, 0.3) is 16.5 Å². The van der Waals surface area contributed by atoms with Crippen molar-refractivity contribution in [3.05, 3.63) is 66.4 Å². The summed E-state index contributed by atoms with van der Waals surface area (Å²) in [5, 5.41) is 4.24. The van der Waals surface area contributed by atoms with Crippen molar-refractivity contribution in [2.45, 2.75) is 19.4 Å². The zero-order valence-corrected chi connectivity index (χ0v) is 16.2. The van der Waals surface area contributed by atoms with E-state index in [0.29, 0.717) is 11.4 Å². The van der Waals surface area contributed by atoms with Crippen LogP contribution >= 0.6 is 0 Å². The van der Waals surface area contributed by atoms with Crippen LogP contribution in [0.15, 0.2) is 60.8 Å². The molecular weight excluding hydrogens is 350 g/mol. The number of carbonyl (C=O) groups is 1. The number of para-hydroxylation sites is 3. The molecule has 4 rings (SSSR count). The van der Waals surface area contributed by atoms with E-state index in [-0.39, 0.29) is 11.9 Å². The second kappa shape index (κ2) is 7.90. The number of nitrogens with one attached hydrogen (secondary N) is 2. The van der Waals surface area contributed by atoms with Crippen molar-refractivity contribution in [2.75, 3.05) is 25.5 Å². The van der Waals surface area contributed by atoms with Crippen LogP contribution in [0.5, 0.6) is 5.75 Å². The van der Waals surface area contributed by atoms with E-state index in [9.17, 15) is 4.79 Å². The summed E-state index contributed by atoms with van der Waals surface area (Å²) >= 11 is 0. The monoisotopic (exact) mass is 375 g/mol. The summed E-state index contributed by atoms with van der Waals surface area (Å²) in [5.74, 6) is 0.650. The van der Waals surface area contributed by atoms with E-state index in [0.717, 1.165) is 25.0 Å². The summed E-state index contributed by atoms with van der Waals surface area (Å²) in [7, 11) is 1.61. The Bertz CT molecular complexity index is 1020. The molecule has 0 radical (unpaired) electrons. The van der Waals surface area contributed by atoms with Gasteiger partial charge in [-0.05, 0) is 37.1 Å².